The lowest BCUT2D eigenvalue weighted by Crippen LogP contribution is -2.25. The Morgan fingerprint density at radius 1 is 0.944 bits per heavy atom. The van der Waals surface area contributed by atoms with E-state index in [0.29, 0.717) is 22.7 Å². The Bertz CT molecular complexity index is 1570. The number of rotatable bonds is 7. The molecule has 1 amide bonds. The molecule has 2 heterocycles. The number of hydrogen-bond donors (Lipinski definition) is 2. The van der Waals surface area contributed by atoms with Crippen molar-refractivity contribution in [2.45, 2.75) is 25.5 Å². The van der Waals surface area contributed by atoms with Crippen LogP contribution in [0.4, 0.5) is 5.69 Å². The van der Waals surface area contributed by atoms with Gasteiger partial charge in [-0.3, -0.25) is 14.2 Å². The molecule has 5 rings (SSSR count). The van der Waals surface area contributed by atoms with Crippen LogP contribution in [0, 0.1) is 13.8 Å². The van der Waals surface area contributed by atoms with E-state index in [1.54, 1.807) is 4.57 Å². The molecule has 2 N–H and O–H groups in total. The largest absolute Gasteiger partial charge is 0.349 e. The number of aryl methyl sites for hydroxylation is 2. The first-order valence-electron chi connectivity index (χ1n) is 11.7. The predicted octanol–water partition coefficient (Wildman–Crippen LogP) is 5.79. The van der Waals surface area contributed by atoms with Gasteiger partial charge in [0.2, 0.25) is 5.91 Å². The summed E-state index contributed by atoms with van der Waals surface area (Å²) in [4.78, 5) is 34.4. The van der Waals surface area contributed by atoms with Crippen LogP contribution in [0.1, 0.15) is 16.7 Å². The molecule has 0 fully saturated rings. The van der Waals surface area contributed by atoms with Crippen molar-refractivity contribution in [3.63, 3.8) is 0 Å². The minimum Gasteiger partial charge on any atom is -0.349 e. The number of hydrogen-bond acceptors (Lipinski definition) is 4. The molecule has 3 aromatic carbocycles. The summed E-state index contributed by atoms with van der Waals surface area (Å²) in [7, 11) is 0. The normalized spacial score (nSPS) is 11.1. The van der Waals surface area contributed by atoms with Gasteiger partial charge in [-0.1, -0.05) is 78.5 Å². The van der Waals surface area contributed by atoms with Gasteiger partial charge in [0.15, 0.2) is 5.16 Å². The number of carbonyl (C=O) groups excluding carboxylic acids is 1. The maximum Gasteiger partial charge on any atom is 0.278 e. The van der Waals surface area contributed by atoms with Gasteiger partial charge in [0.1, 0.15) is 5.52 Å². The Morgan fingerprint density at radius 2 is 1.61 bits per heavy atom. The molecule has 0 radical (unpaired) electrons. The minimum atomic E-state index is -0.164. The predicted molar refractivity (Wildman–Crippen MR) is 147 cm³/mol. The monoisotopic (exact) mass is 494 g/mol. The molecule has 0 saturated heterocycles. The van der Waals surface area contributed by atoms with E-state index < -0.39 is 0 Å². The highest BCUT2D eigenvalue weighted by atomic mass is 32.2. The minimum absolute atomic E-state index is 0.135. The summed E-state index contributed by atoms with van der Waals surface area (Å²) in [5.74, 6) is -0.0139. The highest BCUT2D eigenvalue weighted by Gasteiger charge is 2.17. The highest BCUT2D eigenvalue weighted by Crippen LogP contribution is 2.24. The zero-order chi connectivity index (χ0) is 25.1. The number of nitrogens with one attached hydrogen (secondary N) is 2. The third kappa shape index (κ3) is 5.26. The van der Waals surface area contributed by atoms with Gasteiger partial charge in [-0.2, -0.15) is 0 Å². The lowest BCUT2D eigenvalue weighted by Gasteiger charge is -2.12. The Morgan fingerprint density at radius 3 is 2.31 bits per heavy atom. The number of amides is 1. The van der Waals surface area contributed by atoms with Gasteiger partial charge in [-0.15, -0.1) is 0 Å². The molecule has 0 unspecified atom stereocenters. The van der Waals surface area contributed by atoms with Crippen LogP contribution in [0.15, 0.2) is 94.9 Å². The number of nitrogens with zero attached hydrogens (tertiary/aromatic N) is 2. The number of benzene rings is 3. The fourth-order valence-corrected chi connectivity index (χ4v) is 5.04. The van der Waals surface area contributed by atoms with Crippen LogP contribution in [-0.2, 0) is 11.3 Å². The second-order valence-electron chi connectivity index (χ2n) is 8.79. The van der Waals surface area contributed by atoms with Crippen molar-refractivity contribution in [1.29, 1.82) is 0 Å². The van der Waals surface area contributed by atoms with Gasteiger partial charge in [-0.25, -0.2) is 4.98 Å². The first kappa shape index (κ1) is 23.6. The SMILES string of the molecule is Cc1cc(C)cc(NC(=O)CSc2nc3cc(-c4ccccc4)[nH]c3c(=O)n2Cc2ccccc2)c1. The lowest BCUT2D eigenvalue weighted by molar-refractivity contribution is -0.113. The zero-order valence-electron chi connectivity index (χ0n) is 20.1. The molecule has 0 bridgehead atoms. The number of thioether (sulfide) groups is 1. The van der Waals surface area contributed by atoms with Crippen molar-refractivity contribution in [2.24, 2.45) is 0 Å². The van der Waals surface area contributed by atoms with Crippen molar-refractivity contribution in [2.75, 3.05) is 11.1 Å². The van der Waals surface area contributed by atoms with E-state index in [1.165, 1.54) is 11.8 Å². The smallest absolute Gasteiger partial charge is 0.278 e. The van der Waals surface area contributed by atoms with E-state index in [0.717, 1.165) is 33.6 Å². The van der Waals surface area contributed by atoms with E-state index >= 15 is 0 Å². The molecule has 2 aromatic heterocycles. The zero-order valence-corrected chi connectivity index (χ0v) is 20.9. The van der Waals surface area contributed by atoms with Crippen molar-refractivity contribution in [3.8, 4) is 11.3 Å². The molecular formula is C29H26N4O2S. The van der Waals surface area contributed by atoms with Crippen LogP contribution >= 0.6 is 11.8 Å². The fourth-order valence-electron chi connectivity index (χ4n) is 4.24. The topological polar surface area (TPSA) is 79.8 Å². The van der Waals surface area contributed by atoms with E-state index in [4.69, 9.17) is 4.98 Å². The van der Waals surface area contributed by atoms with Gasteiger partial charge in [-0.05, 0) is 54.3 Å². The van der Waals surface area contributed by atoms with Crippen LogP contribution in [0.2, 0.25) is 0 Å². The maximum atomic E-state index is 13.6. The second kappa shape index (κ2) is 10.3. The van der Waals surface area contributed by atoms with Gasteiger partial charge >= 0.3 is 0 Å². The highest BCUT2D eigenvalue weighted by molar-refractivity contribution is 7.99. The average Bonchev–Trinajstić information content (AvgIpc) is 3.30. The molecule has 0 aliphatic rings. The van der Waals surface area contributed by atoms with Crippen molar-refractivity contribution >= 4 is 34.4 Å². The Labute approximate surface area is 213 Å². The van der Waals surface area contributed by atoms with Crippen LogP contribution in [-0.4, -0.2) is 26.2 Å². The van der Waals surface area contributed by atoms with E-state index in [9.17, 15) is 9.59 Å². The number of fused-ring (bicyclic) bond motifs is 1. The van der Waals surface area contributed by atoms with E-state index in [1.807, 2.05) is 92.7 Å². The Hall–Kier alpha value is -4.10. The summed E-state index contributed by atoms with van der Waals surface area (Å²) in [6, 6.07) is 27.4. The Kier molecular flexibility index (Phi) is 6.73. The van der Waals surface area contributed by atoms with Crippen LogP contribution < -0.4 is 10.9 Å². The van der Waals surface area contributed by atoms with Crippen molar-refractivity contribution in [3.05, 3.63) is 112 Å². The molecule has 6 nitrogen and oxygen atoms in total. The number of carbonyl (C=O) groups is 1. The number of aromatic amines is 1. The molecule has 5 aromatic rings. The van der Waals surface area contributed by atoms with Crippen molar-refractivity contribution in [1.82, 2.24) is 14.5 Å². The summed E-state index contributed by atoms with van der Waals surface area (Å²) >= 11 is 1.26. The Balaban J connectivity index is 1.47. The number of H-pyrrole nitrogens is 1. The van der Waals surface area contributed by atoms with E-state index in [2.05, 4.69) is 16.4 Å². The standard InChI is InChI=1S/C29H26N4O2S/c1-19-13-20(2)15-23(14-19)30-26(34)18-36-29-32-25-16-24(22-11-7-4-8-12-22)31-27(25)28(35)33(29)17-21-9-5-3-6-10-21/h3-16,31H,17-18H2,1-2H3,(H,30,34). The summed E-state index contributed by atoms with van der Waals surface area (Å²) in [5.41, 5.74) is 6.60. The summed E-state index contributed by atoms with van der Waals surface area (Å²) < 4.78 is 1.64. The molecule has 0 aliphatic carbocycles. The van der Waals surface area contributed by atoms with Crippen molar-refractivity contribution < 1.29 is 4.79 Å². The van der Waals surface area contributed by atoms with Gasteiger partial charge in [0.05, 0.1) is 17.8 Å². The van der Waals surface area contributed by atoms with Gasteiger partial charge < -0.3 is 10.3 Å². The molecule has 0 saturated carbocycles. The first-order chi connectivity index (χ1) is 17.5. The fraction of sp³-hybridized carbons (Fsp3) is 0.138. The molecule has 7 heteroatoms. The maximum absolute atomic E-state index is 13.6. The summed E-state index contributed by atoms with van der Waals surface area (Å²) in [6.07, 6.45) is 0. The number of aromatic nitrogens is 3. The first-order valence-corrected chi connectivity index (χ1v) is 12.7. The lowest BCUT2D eigenvalue weighted by atomic mass is 10.1. The molecule has 36 heavy (non-hydrogen) atoms. The summed E-state index contributed by atoms with van der Waals surface area (Å²) in [5, 5.41) is 3.46. The molecule has 180 valence electrons. The summed E-state index contributed by atoms with van der Waals surface area (Å²) in [6.45, 7) is 4.36. The van der Waals surface area contributed by atoms with Gasteiger partial charge in [0, 0.05) is 11.4 Å². The van der Waals surface area contributed by atoms with Crippen LogP contribution in [0.25, 0.3) is 22.3 Å². The van der Waals surface area contributed by atoms with Crippen LogP contribution in [0.3, 0.4) is 0 Å². The van der Waals surface area contributed by atoms with Crippen LogP contribution in [0.5, 0.6) is 0 Å². The van der Waals surface area contributed by atoms with Gasteiger partial charge in [0.25, 0.3) is 5.56 Å². The molecule has 0 spiro atoms. The van der Waals surface area contributed by atoms with E-state index in [-0.39, 0.29) is 17.2 Å². The second-order valence-corrected chi connectivity index (χ2v) is 9.74. The third-order valence-corrected chi connectivity index (χ3v) is 6.79. The quantitative estimate of drug-likeness (QED) is 0.222. The molecule has 0 atom stereocenters. The molecule has 0 aliphatic heterocycles. The third-order valence-electron chi connectivity index (χ3n) is 5.81. The number of anilines is 1. The molecular weight excluding hydrogens is 468 g/mol. The average molecular weight is 495 g/mol.